The molecule has 0 atom stereocenters. The molecule has 0 aliphatic rings. The lowest BCUT2D eigenvalue weighted by atomic mass is 10.4. The van der Waals surface area contributed by atoms with Gasteiger partial charge in [-0.1, -0.05) is 0 Å². The predicted molar refractivity (Wildman–Crippen MR) is 60.6 cm³/mol. The van der Waals surface area contributed by atoms with Crippen molar-refractivity contribution in [3.8, 4) is 0 Å². The Bertz CT molecular complexity index is 427. The normalized spacial score (nSPS) is 10.8. The highest BCUT2D eigenvalue weighted by atomic mass is 79.9. The third-order valence-electron chi connectivity index (χ3n) is 1.97. The summed E-state index contributed by atoms with van der Waals surface area (Å²) < 4.78 is 2.88. The van der Waals surface area contributed by atoms with Crippen molar-refractivity contribution in [3.05, 3.63) is 32.4 Å². The van der Waals surface area contributed by atoms with Gasteiger partial charge in [-0.25, -0.2) is 4.98 Å². The second-order valence-electron chi connectivity index (χ2n) is 3.11. The fourth-order valence-corrected chi connectivity index (χ4v) is 2.42. The van der Waals surface area contributed by atoms with E-state index in [0.717, 1.165) is 21.7 Å². The number of halogens is 1. The van der Waals surface area contributed by atoms with Gasteiger partial charge in [-0.2, -0.15) is 5.10 Å². The van der Waals surface area contributed by atoms with E-state index in [4.69, 9.17) is 0 Å². The fourth-order valence-electron chi connectivity index (χ4n) is 1.17. The highest BCUT2D eigenvalue weighted by molar-refractivity contribution is 9.10. The third kappa shape index (κ3) is 2.04. The second kappa shape index (κ2) is 3.82. The van der Waals surface area contributed by atoms with Crippen LogP contribution in [-0.4, -0.2) is 14.8 Å². The zero-order chi connectivity index (χ0) is 10.1. The molecule has 14 heavy (non-hydrogen) atoms. The van der Waals surface area contributed by atoms with Crippen LogP contribution in [-0.2, 0) is 6.54 Å². The van der Waals surface area contributed by atoms with E-state index < -0.39 is 0 Å². The first kappa shape index (κ1) is 9.86. The SMILES string of the molecule is Cc1nc(Cn2cc(Br)cn2)sc1C. The van der Waals surface area contributed by atoms with E-state index in [2.05, 4.69) is 32.9 Å². The van der Waals surface area contributed by atoms with E-state index in [1.807, 2.05) is 17.8 Å². The Morgan fingerprint density at radius 1 is 1.50 bits per heavy atom. The van der Waals surface area contributed by atoms with Crippen molar-refractivity contribution in [2.45, 2.75) is 20.4 Å². The summed E-state index contributed by atoms with van der Waals surface area (Å²) in [5, 5.41) is 5.29. The minimum Gasteiger partial charge on any atom is -0.265 e. The van der Waals surface area contributed by atoms with Crippen molar-refractivity contribution < 1.29 is 0 Å². The Labute approximate surface area is 94.9 Å². The molecule has 0 aliphatic heterocycles. The van der Waals surface area contributed by atoms with Gasteiger partial charge < -0.3 is 0 Å². The standard InChI is InChI=1S/C9H10BrN3S/c1-6-7(2)14-9(12-6)5-13-4-8(10)3-11-13/h3-4H,5H2,1-2H3. The fraction of sp³-hybridized carbons (Fsp3) is 0.333. The first-order chi connectivity index (χ1) is 6.65. The zero-order valence-electron chi connectivity index (χ0n) is 7.99. The van der Waals surface area contributed by atoms with Crippen LogP contribution < -0.4 is 0 Å². The number of hydrogen-bond donors (Lipinski definition) is 0. The van der Waals surface area contributed by atoms with Crippen molar-refractivity contribution in [1.82, 2.24) is 14.8 Å². The summed E-state index contributed by atoms with van der Waals surface area (Å²) in [4.78, 5) is 5.74. The Kier molecular flexibility index (Phi) is 2.69. The molecular weight excluding hydrogens is 262 g/mol. The van der Waals surface area contributed by atoms with E-state index in [1.54, 1.807) is 17.5 Å². The quantitative estimate of drug-likeness (QED) is 0.841. The molecule has 0 radical (unpaired) electrons. The minimum atomic E-state index is 0.755. The summed E-state index contributed by atoms with van der Waals surface area (Å²) in [6.07, 6.45) is 3.74. The molecule has 0 fully saturated rings. The molecule has 2 rings (SSSR count). The van der Waals surface area contributed by atoms with Gasteiger partial charge in [0.05, 0.1) is 22.9 Å². The minimum absolute atomic E-state index is 0.755. The van der Waals surface area contributed by atoms with E-state index in [9.17, 15) is 0 Å². The Morgan fingerprint density at radius 3 is 2.79 bits per heavy atom. The van der Waals surface area contributed by atoms with Crippen LogP contribution in [0.5, 0.6) is 0 Å². The second-order valence-corrected chi connectivity index (χ2v) is 5.31. The van der Waals surface area contributed by atoms with Gasteiger partial charge in [-0.15, -0.1) is 11.3 Å². The smallest absolute Gasteiger partial charge is 0.115 e. The predicted octanol–water partition coefficient (Wildman–Crippen LogP) is 2.77. The third-order valence-corrected chi connectivity index (χ3v) is 3.44. The largest absolute Gasteiger partial charge is 0.265 e. The van der Waals surface area contributed by atoms with Gasteiger partial charge in [0.15, 0.2) is 0 Å². The van der Waals surface area contributed by atoms with Gasteiger partial charge in [0, 0.05) is 11.1 Å². The zero-order valence-corrected chi connectivity index (χ0v) is 10.4. The van der Waals surface area contributed by atoms with Crippen LogP contribution in [0.4, 0.5) is 0 Å². The van der Waals surface area contributed by atoms with Gasteiger partial charge in [0.1, 0.15) is 5.01 Å². The maximum Gasteiger partial charge on any atom is 0.115 e. The van der Waals surface area contributed by atoms with Crippen molar-refractivity contribution >= 4 is 27.3 Å². The van der Waals surface area contributed by atoms with Crippen molar-refractivity contribution in [2.75, 3.05) is 0 Å². The highest BCUT2D eigenvalue weighted by Gasteiger charge is 2.04. The molecule has 0 unspecified atom stereocenters. The molecular formula is C9H10BrN3S. The van der Waals surface area contributed by atoms with Crippen LogP contribution in [0.3, 0.4) is 0 Å². The van der Waals surface area contributed by atoms with Gasteiger partial charge in [-0.3, -0.25) is 4.68 Å². The summed E-state index contributed by atoms with van der Waals surface area (Å²) in [5.41, 5.74) is 1.12. The molecule has 0 aliphatic carbocycles. The number of nitrogens with zero attached hydrogens (tertiary/aromatic N) is 3. The Balaban J connectivity index is 2.18. The van der Waals surface area contributed by atoms with Crippen LogP contribution in [0.25, 0.3) is 0 Å². The van der Waals surface area contributed by atoms with Crippen LogP contribution in [0.1, 0.15) is 15.6 Å². The Morgan fingerprint density at radius 2 is 2.29 bits per heavy atom. The lowest BCUT2D eigenvalue weighted by molar-refractivity contribution is 0.682. The average Bonchev–Trinajstić information content (AvgIpc) is 2.62. The monoisotopic (exact) mass is 271 g/mol. The van der Waals surface area contributed by atoms with E-state index in [-0.39, 0.29) is 0 Å². The number of thiazole rings is 1. The van der Waals surface area contributed by atoms with Gasteiger partial charge >= 0.3 is 0 Å². The molecule has 0 saturated heterocycles. The number of rotatable bonds is 2. The van der Waals surface area contributed by atoms with Crippen LogP contribution in [0.15, 0.2) is 16.9 Å². The first-order valence-electron chi connectivity index (χ1n) is 4.26. The molecule has 0 spiro atoms. The first-order valence-corrected chi connectivity index (χ1v) is 5.87. The molecule has 2 heterocycles. The molecule has 0 bridgehead atoms. The van der Waals surface area contributed by atoms with Crippen LogP contribution in [0.2, 0.25) is 0 Å². The van der Waals surface area contributed by atoms with Crippen LogP contribution >= 0.6 is 27.3 Å². The molecule has 3 nitrogen and oxygen atoms in total. The molecule has 0 amide bonds. The van der Waals surface area contributed by atoms with Crippen molar-refractivity contribution in [2.24, 2.45) is 0 Å². The number of hydrogen-bond acceptors (Lipinski definition) is 3. The summed E-state index contributed by atoms with van der Waals surface area (Å²) in [6, 6.07) is 0. The van der Waals surface area contributed by atoms with E-state index in [0.29, 0.717) is 0 Å². The molecule has 2 aromatic heterocycles. The maximum atomic E-state index is 4.46. The number of aromatic nitrogens is 3. The lowest BCUT2D eigenvalue weighted by Gasteiger charge is -1.95. The summed E-state index contributed by atoms with van der Waals surface area (Å²) in [6.45, 7) is 4.88. The molecule has 0 aromatic carbocycles. The molecule has 2 aromatic rings. The van der Waals surface area contributed by atoms with E-state index in [1.165, 1.54) is 4.88 Å². The van der Waals surface area contributed by atoms with Gasteiger partial charge in [0.2, 0.25) is 0 Å². The summed E-state index contributed by atoms with van der Waals surface area (Å²) in [5.74, 6) is 0. The van der Waals surface area contributed by atoms with Gasteiger partial charge in [-0.05, 0) is 29.8 Å². The molecule has 5 heteroatoms. The molecule has 0 N–H and O–H groups in total. The van der Waals surface area contributed by atoms with E-state index >= 15 is 0 Å². The van der Waals surface area contributed by atoms with Crippen molar-refractivity contribution in [3.63, 3.8) is 0 Å². The summed E-state index contributed by atoms with van der Waals surface area (Å²) >= 11 is 5.10. The lowest BCUT2D eigenvalue weighted by Crippen LogP contribution is -1.98. The topological polar surface area (TPSA) is 30.7 Å². The number of aryl methyl sites for hydroxylation is 2. The molecule has 74 valence electrons. The van der Waals surface area contributed by atoms with Crippen LogP contribution in [0, 0.1) is 13.8 Å². The van der Waals surface area contributed by atoms with Gasteiger partial charge in [0.25, 0.3) is 0 Å². The van der Waals surface area contributed by atoms with Crippen molar-refractivity contribution in [1.29, 1.82) is 0 Å². The average molecular weight is 272 g/mol. The maximum absolute atomic E-state index is 4.46. The highest BCUT2D eigenvalue weighted by Crippen LogP contribution is 2.17. The summed E-state index contributed by atoms with van der Waals surface area (Å²) in [7, 11) is 0. The Hall–Kier alpha value is -0.680. The molecule has 0 saturated carbocycles.